The van der Waals surface area contributed by atoms with Gasteiger partial charge in [-0.15, -0.1) is 10.2 Å². The lowest BCUT2D eigenvalue weighted by molar-refractivity contribution is 0.142. The highest BCUT2D eigenvalue weighted by molar-refractivity contribution is 5.92. The van der Waals surface area contributed by atoms with E-state index < -0.39 is 24.2 Å². The van der Waals surface area contributed by atoms with Crippen molar-refractivity contribution >= 4 is 34.2 Å². The Bertz CT molecular complexity index is 1710. The molecule has 1 aromatic carbocycles. The number of imidazole rings is 1. The van der Waals surface area contributed by atoms with Gasteiger partial charge in [-0.3, -0.25) is 0 Å². The number of para-hydroxylation sites is 1. The molecule has 0 aliphatic carbocycles. The minimum Gasteiger partial charge on any atom is -0.494 e. The number of methoxy groups -OCH3 is 1. The zero-order valence-corrected chi connectivity index (χ0v) is 20.1. The van der Waals surface area contributed by atoms with E-state index in [1.54, 1.807) is 31.3 Å². The van der Waals surface area contributed by atoms with E-state index in [1.165, 1.54) is 18.0 Å². The highest BCUT2D eigenvalue weighted by Gasteiger charge is 2.21. The summed E-state index contributed by atoms with van der Waals surface area (Å²) in [6.07, 6.45) is -4.90. The Morgan fingerprint density at radius 3 is 2.54 bits per heavy atom. The number of aryl methyl sites for hydroxylation is 1. The van der Waals surface area contributed by atoms with Crippen molar-refractivity contribution in [2.45, 2.75) is 12.9 Å². The van der Waals surface area contributed by atoms with E-state index in [-0.39, 0.29) is 34.1 Å². The van der Waals surface area contributed by atoms with Crippen LogP contribution in [0.4, 0.5) is 40.6 Å². The van der Waals surface area contributed by atoms with E-state index in [2.05, 4.69) is 46.0 Å². The molecule has 4 heterocycles. The molecular weight excluding hydrogens is 522 g/mol. The van der Waals surface area contributed by atoms with Gasteiger partial charge in [-0.05, 0) is 23.4 Å². The molecule has 5 rings (SSSR count). The maximum absolute atomic E-state index is 13.5. The molecule has 0 bridgehead atoms. The summed E-state index contributed by atoms with van der Waals surface area (Å²) in [4.78, 5) is 15.9. The van der Waals surface area contributed by atoms with Crippen molar-refractivity contribution in [3.8, 4) is 23.2 Å². The van der Waals surface area contributed by atoms with Gasteiger partial charge in [-0.25, -0.2) is 32.5 Å². The molecule has 0 saturated carbocycles. The molecule has 12 nitrogen and oxygen atoms in total. The predicted molar refractivity (Wildman–Crippen MR) is 130 cm³/mol. The number of aromatic amines is 1. The van der Waals surface area contributed by atoms with Crippen LogP contribution in [0.25, 0.3) is 22.6 Å². The molecule has 0 atom stereocenters. The van der Waals surface area contributed by atoms with Gasteiger partial charge < -0.3 is 20.4 Å². The van der Waals surface area contributed by atoms with Gasteiger partial charge in [0.1, 0.15) is 17.2 Å². The smallest absolute Gasteiger partial charge is 0.295 e. The van der Waals surface area contributed by atoms with Crippen LogP contribution in [0.1, 0.15) is 29.8 Å². The average molecular weight is 539 g/mol. The Morgan fingerprint density at radius 2 is 1.87 bits per heavy atom. The lowest BCUT2D eigenvalue weighted by Crippen LogP contribution is -2.02. The zero-order valence-electron chi connectivity index (χ0n) is 20.1. The fourth-order valence-corrected chi connectivity index (χ4v) is 3.78. The number of halogens is 4. The molecule has 39 heavy (non-hydrogen) atoms. The summed E-state index contributed by atoms with van der Waals surface area (Å²) < 4.78 is 58.8. The van der Waals surface area contributed by atoms with Crippen LogP contribution in [0.2, 0.25) is 0 Å². The fraction of sp³-hybridized carbons (Fsp3) is 0.174. The highest BCUT2D eigenvalue weighted by atomic mass is 19.3. The summed E-state index contributed by atoms with van der Waals surface area (Å²) in [5.74, 6) is 0.175. The largest absolute Gasteiger partial charge is 0.494 e. The molecular formula is C23H17F4N11O. The Balaban J connectivity index is 1.58. The topological polar surface area (TPSA) is 155 Å². The van der Waals surface area contributed by atoms with E-state index in [1.807, 2.05) is 0 Å². The average Bonchev–Trinajstić information content (AvgIpc) is 3.55. The number of hydrogen-bond donors (Lipinski definition) is 3. The fourth-order valence-electron chi connectivity index (χ4n) is 3.78. The number of fused-ring (bicyclic) bond motifs is 1. The van der Waals surface area contributed by atoms with Crippen molar-refractivity contribution in [1.82, 2.24) is 40.1 Å². The number of nitriles is 1. The van der Waals surface area contributed by atoms with Crippen LogP contribution in [-0.4, -0.2) is 47.3 Å². The first-order valence-electron chi connectivity index (χ1n) is 11.1. The monoisotopic (exact) mass is 539 g/mol. The van der Waals surface area contributed by atoms with Crippen LogP contribution in [0.15, 0.2) is 36.5 Å². The summed E-state index contributed by atoms with van der Waals surface area (Å²) in [6.45, 7) is 0. The second-order valence-corrected chi connectivity index (χ2v) is 7.98. The summed E-state index contributed by atoms with van der Waals surface area (Å²) >= 11 is 0. The van der Waals surface area contributed by atoms with Crippen molar-refractivity contribution in [3.05, 3.63) is 53.5 Å². The first-order chi connectivity index (χ1) is 18.8. The first-order valence-corrected chi connectivity index (χ1v) is 11.1. The number of aromatic nitrogens is 8. The normalized spacial score (nSPS) is 11.3. The number of anilines is 4. The maximum Gasteiger partial charge on any atom is 0.295 e. The van der Waals surface area contributed by atoms with Gasteiger partial charge in [0.15, 0.2) is 17.2 Å². The number of nitrogens with one attached hydrogen (secondary N) is 3. The van der Waals surface area contributed by atoms with Gasteiger partial charge >= 0.3 is 0 Å². The summed E-state index contributed by atoms with van der Waals surface area (Å²) in [5, 5.41) is 27.2. The van der Waals surface area contributed by atoms with Crippen LogP contribution in [0, 0.1) is 11.3 Å². The summed E-state index contributed by atoms with van der Waals surface area (Å²) in [7, 11) is 3.06. The Labute approximate surface area is 216 Å². The van der Waals surface area contributed by atoms with Crippen molar-refractivity contribution in [3.63, 3.8) is 0 Å². The molecule has 0 radical (unpaired) electrons. The van der Waals surface area contributed by atoms with Crippen LogP contribution in [-0.2, 0) is 7.05 Å². The van der Waals surface area contributed by atoms with Crippen LogP contribution < -0.4 is 15.4 Å². The standard InChI is InChI=1S/C23H17F4N11O/c1-38-36-21(35-37-38)11-4-3-5-13(18(11)39-2)30-14-7-16(32-22-17(14)33-23(34-22)20(26)27)31-15-6-10(8-28)12(9-29-15)19(24)25/h3-7,9,19-20H,1-2H3,(H3,29,30,31,32,33,34). The third-order valence-corrected chi connectivity index (χ3v) is 5.46. The van der Waals surface area contributed by atoms with E-state index in [9.17, 15) is 22.8 Å². The number of ether oxygens (including phenoxy) is 1. The minimum atomic E-state index is -2.90. The Morgan fingerprint density at radius 1 is 1.05 bits per heavy atom. The number of rotatable bonds is 8. The SMILES string of the molecule is COc1c(Nc2cc(Nc3cc(C#N)c(C(F)F)cn3)nc3[nH]c(C(F)F)nc23)cccc1-c1nnn(C)n1. The summed E-state index contributed by atoms with van der Waals surface area (Å²) in [5.41, 5.74) is 0.498. The van der Waals surface area contributed by atoms with E-state index in [0.717, 1.165) is 12.3 Å². The highest BCUT2D eigenvalue weighted by Crippen LogP contribution is 2.38. The van der Waals surface area contributed by atoms with Crippen LogP contribution >= 0.6 is 0 Å². The van der Waals surface area contributed by atoms with Crippen molar-refractivity contribution < 1.29 is 22.3 Å². The van der Waals surface area contributed by atoms with Gasteiger partial charge in [-0.2, -0.15) is 10.1 Å². The van der Waals surface area contributed by atoms with Crippen molar-refractivity contribution in [1.29, 1.82) is 5.26 Å². The van der Waals surface area contributed by atoms with E-state index >= 15 is 0 Å². The van der Waals surface area contributed by atoms with Crippen molar-refractivity contribution in [2.24, 2.45) is 7.05 Å². The number of H-pyrrole nitrogens is 1. The van der Waals surface area contributed by atoms with Gasteiger partial charge in [0.2, 0.25) is 5.82 Å². The third kappa shape index (κ3) is 4.97. The van der Waals surface area contributed by atoms with E-state index in [0.29, 0.717) is 22.8 Å². The predicted octanol–water partition coefficient (Wildman–Crippen LogP) is 4.79. The molecule has 0 unspecified atom stereocenters. The third-order valence-electron chi connectivity index (χ3n) is 5.46. The second kappa shape index (κ2) is 10.2. The van der Waals surface area contributed by atoms with Gasteiger partial charge in [0.25, 0.3) is 12.9 Å². The second-order valence-electron chi connectivity index (χ2n) is 7.98. The van der Waals surface area contributed by atoms with Crippen LogP contribution in [0.3, 0.4) is 0 Å². The number of tetrazole rings is 1. The molecule has 198 valence electrons. The molecule has 4 aromatic heterocycles. The lowest BCUT2D eigenvalue weighted by Gasteiger charge is -2.15. The first kappa shape index (κ1) is 25.3. The molecule has 16 heteroatoms. The molecule has 0 aliphatic rings. The molecule has 5 aromatic rings. The zero-order chi connectivity index (χ0) is 27.7. The maximum atomic E-state index is 13.5. The quantitative estimate of drug-likeness (QED) is 0.235. The molecule has 0 fully saturated rings. The number of hydrogen-bond acceptors (Lipinski definition) is 10. The van der Waals surface area contributed by atoms with E-state index in [4.69, 9.17) is 4.74 Å². The summed E-state index contributed by atoms with van der Waals surface area (Å²) in [6, 6.07) is 9.41. The Hall–Kier alpha value is -5.33. The number of benzene rings is 1. The van der Waals surface area contributed by atoms with Gasteiger partial charge in [0, 0.05) is 12.3 Å². The van der Waals surface area contributed by atoms with Gasteiger partial charge in [-0.1, -0.05) is 6.07 Å². The molecule has 0 spiro atoms. The number of alkyl halides is 4. The molecule has 3 N–H and O–H groups in total. The Kier molecular flexibility index (Phi) is 6.63. The van der Waals surface area contributed by atoms with Gasteiger partial charge in [0.05, 0.1) is 48.3 Å². The number of pyridine rings is 2. The van der Waals surface area contributed by atoms with Crippen molar-refractivity contribution in [2.75, 3.05) is 17.7 Å². The lowest BCUT2D eigenvalue weighted by atomic mass is 10.1. The van der Waals surface area contributed by atoms with Crippen LogP contribution in [0.5, 0.6) is 5.75 Å². The number of nitrogens with zero attached hydrogens (tertiary/aromatic N) is 8. The molecule has 0 saturated heterocycles. The minimum absolute atomic E-state index is 0.00761. The molecule has 0 amide bonds. The molecule has 0 aliphatic heterocycles.